The molecule has 17 heavy (non-hydrogen) atoms. The van der Waals surface area contributed by atoms with Crippen LogP contribution in [-0.2, 0) is 15.7 Å². The predicted octanol–water partition coefficient (Wildman–Crippen LogP) is 2.79. The minimum atomic E-state index is 0.211. The van der Waals surface area contributed by atoms with E-state index in [1.54, 1.807) is 0 Å². The molecule has 0 aromatic heterocycles. The molecule has 1 nitrogen and oxygen atoms in total. The highest BCUT2D eigenvalue weighted by atomic mass is 32.2. The molecule has 1 aliphatic heterocycles. The normalized spacial score (nSPS) is 48.1. The Morgan fingerprint density at radius 3 is 2.35 bits per heavy atom. The lowest BCUT2D eigenvalue weighted by Gasteiger charge is -2.30. The van der Waals surface area contributed by atoms with Gasteiger partial charge in [0.15, 0.2) is 11.5 Å². The van der Waals surface area contributed by atoms with Crippen molar-refractivity contribution >= 4 is 16.7 Å². The lowest BCUT2D eigenvalue weighted by Crippen LogP contribution is -2.37. The maximum Gasteiger partial charge on any atom is 0.188 e. The van der Waals surface area contributed by atoms with E-state index in [0.717, 1.165) is 23.5 Å². The van der Waals surface area contributed by atoms with Crippen LogP contribution in [0, 0.1) is 23.2 Å². The number of ketones is 1. The number of carbonyl (C=O) groups excluding carboxylic acids is 1. The standard InChI is InChI=1S/C15H23OS/c16-14(10-17-3-1-2-4-17)15-8-11-5-12(9-15)7-13(15)6-11/h11-13H,1-10H2/q+1. The quantitative estimate of drug-likeness (QED) is 0.705. The van der Waals surface area contributed by atoms with Gasteiger partial charge in [-0.3, -0.25) is 4.79 Å². The van der Waals surface area contributed by atoms with Crippen molar-refractivity contribution in [2.45, 2.75) is 44.9 Å². The largest absolute Gasteiger partial charge is 0.294 e. The summed E-state index contributed by atoms with van der Waals surface area (Å²) >= 11 is 0. The number of Topliss-reactive ketones (excluding diaryl/α,β-unsaturated/α-hetero) is 1. The van der Waals surface area contributed by atoms with Crippen LogP contribution in [0.15, 0.2) is 0 Å². The molecule has 2 unspecified atom stereocenters. The monoisotopic (exact) mass is 251 g/mol. The zero-order chi connectivity index (χ0) is 11.5. The first-order valence-corrected chi connectivity index (χ1v) is 9.17. The second-order valence-corrected chi connectivity index (χ2v) is 9.33. The molecule has 5 aliphatic rings. The van der Waals surface area contributed by atoms with Gasteiger partial charge in [-0.2, -0.15) is 0 Å². The fraction of sp³-hybridized carbons (Fsp3) is 0.933. The molecule has 1 heterocycles. The molecule has 4 saturated carbocycles. The minimum absolute atomic E-state index is 0.211. The maximum atomic E-state index is 12.8. The Balaban J connectivity index is 1.52. The van der Waals surface area contributed by atoms with Gasteiger partial charge in [-0.05, 0) is 73.6 Å². The molecule has 4 aliphatic carbocycles. The number of hydrogen-bond acceptors (Lipinski definition) is 1. The summed E-state index contributed by atoms with van der Waals surface area (Å²) < 4.78 is 0. The van der Waals surface area contributed by atoms with Crippen molar-refractivity contribution < 1.29 is 4.79 Å². The summed E-state index contributed by atoms with van der Waals surface area (Å²) in [7, 11) is 0.486. The first-order chi connectivity index (χ1) is 8.26. The molecular formula is C15H23OS+. The first kappa shape index (κ1) is 10.9. The van der Waals surface area contributed by atoms with Crippen LogP contribution in [0.4, 0.5) is 0 Å². The smallest absolute Gasteiger partial charge is 0.188 e. The van der Waals surface area contributed by atoms with E-state index in [1.807, 2.05) is 0 Å². The molecule has 0 spiro atoms. The number of hydrogen-bond donors (Lipinski definition) is 0. The van der Waals surface area contributed by atoms with Gasteiger partial charge in [-0.25, -0.2) is 0 Å². The van der Waals surface area contributed by atoms with Gasteiger partial charge in [0.05, 0.1) is 0 Å². The van der Waals surface area contributed by atoms with Crippen LogP contribution < -0.4 is 0 Å². The average molecular weight is 251 g/mol. The first-order valence-electron chi connectivity index (χ1n) is 7.44. The van der Waals surface area contributed by atoms with Crippen LogP contribution >= 0.6 is 0 Å². The highest BCUT2D eigenvalue weighted by Crippen LogP contribution is 2.65. The Kier molecular flexibility index (Phi) is 2.41. The Bertz CT molecular complexity index is 331. The van der Waals surface area contributed by atoms with Crippen molar-refractivity contribution in [1.29, 1.82) is 0 Å². The Morgan fingerprint density at radius 2 is 1.71 bits per heavy atom. The second kappa shape index (κ2) is 3.76. The predicted molar refractivity (Wildman–Crippen MR) is 72.2 cm³/mol. The third kappa shape index (κ3) is 1.55. The SMILES string of the molecule is O=C(C[S+]1CCCC1)C12CC3CC(CC1C3)C2. The molecular weight excluding hydrogens is 228 g/mol. The zero-order valence-electron chi connectivity index (χ0n) is 10.6. The van der Waals surface area contributed by atoms with Gasteiger partial charge in [0, 0.05) is 5.41 Å². The van der Waals surface area contributed by atoms with Crippen molar-refractivity contribution in [3.05, 3.63) is 0 Å². The molecule has 94 valence electrons. The van der Waals surface area contributed by atoms with Gasteiger partial charge >= 0.3 is 0 Å². The molecule has 1 saturated heterocycles. The maximum absolute atomic E-state index is 12.8. The average Bonchev–Trinajstić information content (AvgIpc) is 2.93. The number of rotatable bonds is 3. The molecule has 0 radical (unpaired) electrons. The van der Waals surface area contributed by atoms with E-state index in [4.69, 9.17) is 0 Å². The third-order valence-electron chi connectivity index (χ3n) is 6.00. The van der Waals surface area contributed by atoms with E-state index in [1.165, 1.54) is 56.5 Å². The highest BCUT2D eigenvalue weighted by Gasteiger charge is 2.61. The third-order valence-corrected chi connectivity index (χ3v) is 8.40. The summed E-state index contributed by atoms with van der Waals surface area (Å²) in [6.07, 6.45) is 9.59. The lowest BCUT2D eigenvalue weighted by atomic mass is 9.73. The van der Waals surface area contributed by atoms with Gasteiger partial charge in [0.25, 0.3) is 0 Å². The van der Waals surface area contributed by atoms with Crippen molar-refractivity contribution in [3.63, 3.8) is 0 Å². The van der Waals surface area contributed by atoms with E-state index in [2.05, 4.69) is 0 Å². The molecule has 0 N–H and O–H groups in total. The van der Waals surface area contributed by atoms with Gasteiger partial charge in [0.1, 0.15) is 11.5 Å². The van der Waals surface area contributed by atoms with Crippen LogP contribution in [-0.4, -0.2) is 23.0 Å². The van der Waals surface area contributed by atoms with E-state index < -0.39 is 0 Å². The fourth-order valence-corrected chi connectivity index (χ4v) is 7.82. The van der Waals surface area contributed by atoms with E-state index in [9.17, 15) is 4.79 Å². The summed E-state index contributed by atoms with van der Waals surface area (Å²) in [4.78, 5) is 12.8. The van der Waals surface area contributed by atoms with Gasteiger partial charge in [0.2, 0.25) is 0 Å². The van der Waals surface area contributed by atoms with Crippen LogP contribution in [0.5, 0.6) is 0 Å². The summed E-state index contributed by atoms with van der Waals surface area (Å²) in [5.74, 6) is 7.07. The molecule has 0 amide bonds. The Labute approximate surface area is 107 Å². The molecule has 5 fully saturated rings. The lowest BCUT2D eigenvalue weighted by molar-refractivity contribution is -0.127. The van der Waals surface area contributed by atoms with Crippen molar-refractivity contribution in [2.75, 3.05) is 17.3 Å². The van der Waals surface area contributed by atoms with Crippen molar-refractivity contribution in [2.24, 2.45) is 23.2 Å². The molecule has 4 bridgehead atoms. The van der Waals surface area contributed by atoms with E-state index in [0.29, 0.717) is 16.7 Å². The summed E-state index contributed by atoms with van der Waals surface area (Å²) in [5.41, 5.74) is 0.211. The summed E-state index contributed by atoms with van der Waals surface area (Å²) in [6.45, 7) is 0. The van der Waals surface area contributed by atoms with Crippen LogP contribution in [0.1, 0.15) is 44.9 Å². The van der Waals surface area contributed by atoms with Crippen LogP contribution in [0.3, 0.4) is 0 Å². The number of carbonyl (C=O) groups is 1. The van der Waals surface area contributed by atoms with Gasteiger partial charge < -0.3 is 0 Å². The van der Waals surface area contributed by atoms with Gasteiger partial charge in [-0.15, -0.1) is 0 Å². The topological polar surface area (TPSA) is 17.1 Å². The highest BCUT2D eigenvalue weighted by molar-refractivity contribution is 7.97. The minimum Gasteiger partial charge on any atom is -0.294 e. The molecule has 5 rings (SSSR count). The summed E-state index contributed by atoms with van der Waals surface area (Å²) in [5, 5.41) is 0. The van der Waals surface area contributed by atoms with Crippen LogP contribution in [0.25, 0.3) is 0 Å². The Hall–Kier alpha value is 0.0200. The molecule has 2 heteroatoms. The fourth-order valence-electron chi connectivity index (χ4n) is 5.44. The van der Waals surface area contributed by atoms with E-state index in [-0.39, 0.29) is 5.41 Å². The van der Waals surface area contributed by atoms with Crippen LogP contribution in [0.2, 0.25) is 0 Å². The molecule has 0 aromatic rings. The van der Waals surface area contributed by atoms with Crippen molar-refractivity contribution in [1.82, 2.24) is 0 Å². The molecule has 0 aromatic carbocycles. The zero-order valence-corrected chi connectivity index (χ0v) is 11.4. The molecule has 2 atom stereocenters. The van der Waals surface area contributed by atoms with Gasteiger partial charge in [-0.1, -0.05) is 0 Å². The second-order valence-electron chi connectivity index (χ2n) is 7.00. The van der Waals surface area contributed by atoms with Crippen molar-refractivity contribution in [3.8, 4) is 0 Å². The Morgan fingerprint density at radius 1 is 1.06 bits per heavy atom. The summed E-state index contributed by atoms with van der Waals surface area (Å²) in [6, 6.07) is 0. The van der Waals surface area contributed by atoms with E-state index >= 15 is 0 Å².